The van der Waals surface area contributed by atoms with Gasteiger partial charge in [-0.25, -0.2) is 13.2 Å². The Labute approximate surface area is 124 Å². The molecule has 0 radical (unpaired) electrons. The average molecular weight is 320 g/mol. The molecule has 1 atom stereocenters. The second-order valence-electron chi connectivity index (χ2n) is 4.37. The maximum atomic E-state index is 14.0. The maximum Gasteiger partial charge on any atom is 0.134 e. The fourth-order valence-electron chi connectivity index (χ4n) is 2.00. The third-order valence-electron chi connectivity index (χ3n) is 2.93. The highest BCUT2D eigenvalue weighted by molar-refractivity contribution is 7.10. The van der Waals surface area contributed by atoms with Crippen LogP contribution in [0.3, 0.4) is 0 Å². The van der Waals surface area contributed by atoms with Crippen molar-refractivity contribution >= 4 is 22.9 Å². The second kappa shape index (κ2) is 6.16. The molecule has 0 bridgehead atoms. The van der Waals surface area contributed by atoms with E-state index in [-0.39, 0.29) is 5.56 Å². The molecule has 1 N–H and O–H groups in total. The van der Waals surface area contributed by atoms with Crippen molar-refractivity contribution in [3.8, 4) is 0 Å². The van der Waals surface area contributed by atoms with Crippen LogP contribution in [-0.4, -0.2) is 6.54 Å². The van der Waals surface area contributed by atoms with Crippen molar-refractivity contribution < 1.29 is 13.2 Å². The van der Waals surface area contributed by atoms with E-state index < -0.39 is 23.5 Å². The lowest BCUT2D eigenvalue weighted by Gasteiger charge is -2.19. The molecule has 0 saturated heterocycles. The summed E-state index contributed by atoms with van der Waals surface area (Å²) < 4.78 is 40.9. The summed E-state index contributed by atoms with van der Waals surface area (Å²) in [5.41, 5.74) is 0.634. The van der Waals surface area contributed by atoms with E-state index in [1.54, 1.807) is 0 Å². The Hall–Kier alpha value is -1.04. The quantitative estimate of drug-likeness (QED) is 0.851. The normalized spacial score (nSPS) is 12.7. The molecule has 2 rings (SSSR count). The largest absolute Gasteiger partial charge is 0.306 e. The molecule has 6 heteroatoms. The highest BCUT2D eigenvalue weighted by atomic mass is 35.5. The average Bonchev–Trinajstić information content (AvgIpc) is 2.68. The molecule has 108 valence electrons. The van der Waals surface area contributed by atoms with Crippen LogP contribution in [-0.2, 0) is 0 Å². The van der Waals surface area contributed by atoms with Gasteiger partial charge in [0.15, 0.2) is 0 Å². The number of hydrogen-bond donors (Lipinski definition) is 1. The van der Waals surface area contributed by atoms with Gasteiger partial charge in [0, 0.05) is 22.6 Å². The Morgan fingerprint density at radius 1 is 1.25 bits per heavy atom. The van der Waals surface area contributed by atoms with Crippen molar-refractivity contribution in [2.24, 2.45) is 0 Å². The SMILES string of the molecule is CCNC(c1scc(C)c1Cl)c1c(F)cc(F)cc1F. The summed E-state index contributed by atoms with van der Waals surface area (Å²) in [6, 6.07) is 0.626. The van der Waals surface area contributed by atoms with Crippen LogP contribution in [0.15, 0.2) is 17.5 Å². The van der Waals surface area contributed by atoms with Crippen molar-refractivity contribution in [3.05, 3.63) is 56.0 Å². The number of benzene rings is 1. The number of aryl methyl sites for hydroxylation is 1. The smallest absolute Gasteiger partial charge is 0.134 e. The van der Waals surface area contributed by atoms with Gasteiger partial charge in [-0.05, 0) is 24.4 Å². The fourth-order valence-corrected chi connectivity index (χ4v) is 3.39. The summed E-state index contributed by atoms with van der Waals surface area (Å²) in [5.74, 6) is -2.78. The van der Waals surface area contributed by atoms with Gasteiger partial charge in [-0.1, -0.05) is 18.5 Å². The number of halogens is 4. The molecule has 1 heterocycles. The van der Waals surface area contributed by atoms with Crippen LogP contribution in [0.1, 0.15) is 29.0 Å². The number of rotatable bonds is 4. The molecule has 1 aromatic carbocycles. The molecule has 2 aromatic rings. The lowest BCUT2D eigenvalue weighted by molar-refractivity contribution is 0.494. The van der Waals surface area contributed by atoms with E-state index in [0.717, 1.165) is 5.56 Å². The third-order valence-corrected chi connectivity index (χ3v) is 4.71. The molecule has 0 fully saturated rings. The van der Waals surface area contributed by atoms with Crippen LogP contribution in [0.4, 0.5) is 13.2 Å². The number of hydrogen-bond acceptors (Lipinski definition) is 2. The van der Waals surface area contributed by atoms with Crippen molar-refractivity contribution in [1.29, 1.82) is 0 Å². The minimum absolute atomic E-state index is 0.211. The molecule has 1 unspecified atom stereocenters. The van der Waals surface area contributed by atoms with E-state index in [0.29, 0.717) is 28.6 Å². The molecular weight excluding hydrogens is 307 g/mol. The van der Waals surface area contributed by atoms with Crippen molar-refractivity contribution in [1.82, 2.24) is 5.32 Å². The summed E-state index contributed by atoms with van der Waals surface area (Å²) in [6.07, 6.45) is 0. The molecule has 0 aliphatic carbocycles. The zero-order valence-electron chi connectivity index (χ0n) is 10.9. The molecule has 0 saturated carbocycles. The van der Waals surface area contributed by atoms with Gasteiger partial charge in [-0.3, -0.25) is 0 Å². The first-order valence-corrected chi connectivity index (χ1v) is 7.32. The molecule has 1 nitrogen and oxygen atoms in total. The molecule has 0 spiro atoms. The van der Waals surface area contributed by atoms with Crippen molar-refractivity contribution in [2.45, 2.75) is 19.9 Å². The number of thiophene rings is 1. The Kier molecular flexibility index (Phi) is 4.73. The van der Waals surface area contributed by atoms with Crippen LogP contribution in [0.2, 0.25) is 5.02 Å². The molecule has 0 aliphatic heterocycles. The van der Waals surface area contributed by atoms with Gasteiger partial charge in [0.1, 0.15) is 17.5 Å². The minimum atomic E-state index is -0.938. The van der Waals surface area contributed by atoms with Crippen LogP contribution >= 0.6 is 22.9 Å². The van der Waals surface area contributed by atoms with Crippen molar-refractivity contribution in [2.75, 3.05) is 6.54 Å². The van der Waals surface area contributed by atoms with Gasteiger partial charge in [0.2, 0.25) is 0 Å². The van der Waals surface area contributed by atoms with Crippen LogP contribution in [0.5, 0.6) is 0 Å². The predicted molar refractivity (Wildman–Crippen MR) is 75.9 cm³/mol. The Bertz CT molecular complexity index is 604. The highest BCUT2D eigenvalue weighted by Gasteiger charge is 2.26. The van der Waals surface area contributed by atoms with E-state index in [2.05, 4.69) is 5.32 Å². The maximum absolute atomic E-state index is 14.0. The first-order valence-electron chi connectivity index (χ1n) is 6.07. The number of nitrogens with one attached hydrogen (secondary N) is 1. The third kappa shape index (κ3) is 2.85. The van der Waals surface area contributed by atoms with E-state index in [1.807, 2.05) is 19.2 Å². The predicted octanol–water partition coefficient (Wildman–Crippen LogP) is 4.83. The van der Waals surface area contributed by atoms with Crippen LogP contribution in [0, 0.1) is 24.4 Å². The zero-order chi connectivity index (χ0) is 14.9. The fraction of sp³-hybridized carbons (Fsp3) is 0.286. The molecule has 1 aromatic heterocycles. The molecule has 20 heavy (non-hydrogen) atoms. The minimum Gasteiger partial charge on any atom is -0.306 e. The highest BCUT2D eigenvalue weighted by Crippen LogP contribution is 2.37. The van der Waals surface area contributed by atoms with E-state index in [4.69, 9.17) is 11.6 Å². The van der Waals surface area contributed by atoms with Crippen LogP contribution < -0.4 is 5.32 Å². The Balaban J connectivity index is 2.57. The lowest BCUT2D eigenvalue weighted by Crippen LogP contribution is -2.23. The van der Waals surface area contributed by atoms with Gasteiger partial charge in [-0.2, -0.15) is 0 Å². The summed E-state index contributed by atoms with van der Waals surface area (Å²) in [4.78, 5) is 0.621. The summed E-state index contributed by atoms with van der Waals surface area (Å²) in [5, 5.41) is 5.29. The van der Waals surface area contributed by atoms with E-state index in [9.17, 15) is 13.2 Å². The Morgan fingerprint density at radius 3 is 2.30 bits per heavy atom. The van der Waals surface area contributed by atoms with Crippen LogP contribution in [0.25, 0.3) is 0 Å². The van der Waals surface area contributed by atoms with Crippen molar-refractivity contribution in [3.63, 3.8) is 0 Å². The lowest BCUT2D eigenvalue weighted by atomic mass is 10.0. The zero-order valence-corrected chi connectivity index (χ0v) is 12.5. The summed E-state index contributed by atoms with van der Waals surface area (Å²) in [6.45, 7) is 4.14. The van der Waals surface area contributed by atoms with Gasteiger partial charge in [-0.15, -0.1) is 11.3 Å². The van der Waals surface area contributed by atoms with E-state index >= 15 is 0 Å². The topological polar surface area (TPSA) is 12.0 Å². The molecular formula is C14H13ClF3NS. The monoisotopic (exact) mass is 319 g/mol. The summed E-state index contributed by atoms with van der Waals surface area (Å²) >= 11 is 7.50. The Morgan fingerprint density at radius 2 is 1.85 bits per heavy atom. The van der Waals surface area contributed by atoms with Gasteiger partial charge >= 0.3 is 0 Å². The standard InChI is InChI=1S/C14H13ClF3NS/c1-3-19-13(14-12(15)7(2)6-20-14)11-9(17)4-8(16)5-10(11)18/h4-6,13,19H,3H2,1-2H3. The first-order chi connectivity index (χ1) is 9.45. The van der Waals surface area contributed by atoms with Gasteiger partial charge in [0.25, 0.3) is 0 Å². The summed E-state index contributed by atoms with van der Waals surface area (Å²) in [7, 11) is 0. The van der Waals surface area contributed by atoms with Gasteiger partial charge in [0.05, 0.1) is 11.1 Å². The van der Waals surface area contributed by atoms with E-state index in [1.165, 1.54) is 11.3 Å². The van der Waals surface area contributed by atoms with Gasteiger partial charge < -0.3 is 5.32 Å². The molecule has 0 aliphatic rings. The molecule has 0 amide bonds. The second-order valence-corrected chi connectivity index (χ2v) is 5.66. The first kappa shape index (κ1) is 15.4.